The molecule has 5 aromatic rings. The maximum atomic E-state index is 10.1. The average molecular weight is 487 g/mol. The van der Waals surface area contributed by atoms with E-state index in [-0.39, 0.29) is 11.7 Å². The normalized spacial score (nSPS) is 14.2. The molecule has 9 heteroatoms. The van der Waals surface area contributed by atoms with Gasteiger partial charge in [0, 0.05) is 23.1 Å². The Morgan fingerprint density at radius 3 is 2.63 bits per heavy atom. The number of phenols is 1. The fraction of sp³-hybridized carbons (Fsp3) is 0.115. The van der Waals surface area contributed by atoms with E-state index >= 15 is 0 Å². The molecule has 1 N–H and O–H groups in total. The Kier molecular flexibility index (Phi) is 4.96. The van der Waals surface area contributed by atoms with Gasteiger partial charge < -0.3 is 19.3 Å². The third kappa shape index (κ3) is 3.41. The molecule has 0 radical (unpaired) electrons. The minimum Gasteiger partial charge on any atom is -0.508 e. The van der Waals surface area contributed by atoms with Gasteiger partial charge in [-0.2, -0.15) is 0 Å². The van der Waals surface area contributed by atoms with Gasteiger partial charge in [-0.25, -0.2) is 14.5 Å². The van der Waals surface area contributed by atoms with Gasteiger partial charge >= 0.3 is 0 Å². The van der Waals surface area contributed by atoms with E-state index < -0.39 is 0 Å². The summed E-state index contributed by atoms with van der Waals surface area (Å²) in [5, 5.41) is 15.3. The molecule has 0 unspecified atom stereocenters. The molecule has 0 saturated carbocycles. The summed E-state index contributed by atoms with van der Waals surface area (Å²) in [7, 11) is 3.19. The lowest BCUT2D eigenvalue weighted by atomic mass is 9.83. The molecule has 2 aromatic heterocycles. The highest BCUT2D eigenvalue weighted by Crippen LogP contribution is 2.49. The van der Waals surface area contributed by atoms with E-state index in [0.29, 0.717) is 39.6 Å². The number of halogens is 1. The molecule has 1 aliphatic heterocycles. The summed E-state index contributed by atoms with van der Waals surface area (Å²) in [6, 6.07) is 18.2. The van der Waals surface area contributed by atoms with Crippen LogP contribution in [0.15, 0.2) is 67.0 Å². The minimum absolute atomic E-state index is 0.0998. The van der Waals surface area contributed by atoms with E-state index in [4.69, 9.17) is 30.8 Å². The molecular weight excluding hydrogens is 468 g/mol. The molecule has 6 rings (SSSR count). The number of methoxy groups -OCH3 is 2. The molecule has 35 heavy (non-hydrogen) atoms. The van der Waals surface area contributed by atoms with E-state index in [0.717, 1.165) is 22.3 Å². The van der Waals surface area contributed by atoms with Gasteiger partial charge in [0.1, 0.15) is 17.8 Å². The van der Waals surface area contributed by atoms with Crippen molar-refractivity contribution in [1.82, 2.24) is 19.6 Å². The summed E-state index contributed by atoms with van der Waals surface area (Å²) < 4.78 is 18.7. The van der Waals surface area contributed by atoms with Crippen molar-refractivity contribution in [3.05, 3.63) is 88.7 Å². The monoisotopic (exact) mass is 486 g/mol. The Balaban J connectivity index is 1.62. The molecule has 0 aliphatic carbocycles. The third-order valence-electron chi connectivity index (χ3n) is 6.05. The maximum Gasteiger partial charge on any atom is 0.228 e. The van der Waals surface area contributed by atoms with Gasteiger partial charge in [0.15, 0.2) is 23.0 Å². The van der Waals surface area contributed by atoms with Gasteiger partial charge in [-0.15, -0.1) is 5.10 Å². The van der Waals surface area contributed by atoms with Crippen LogP contribution in [0, 0.1) is 0 Å². The second-order valence-corrected chi connectivity index (χ2v) is 8.43. The van der Waals surface area contributed by atoms with Crippen molar-refractivity contribution in [1.29, 1.82) is 0 Å². The van der Waals surface area contributed by atoms with E-state index in [9.17, 15) is 5.11 Å². The van der Waals surface area contributed by atoms with Crippen LogP contribution in [-0.4, -0.2) is 38.9 Å². The summed E-state index contributed by atoms with van der Waals surface area (Å²) in [4.78, 5) is 9.37. The molecule has 0 spiro atoms. The summed E-state index contributed by atoms with van der Waals surface area (Å²) in [6.45, 7) is 0. The fourth-order valence-corrected chi connectivity index (χ4v) is 4.66. The second kappa shape index (κ2) is 8.18. The van der Waals surface area contributed by atoms with Crippen molar-refractivity contribution in [2.45, 2.75) is 5.92 Å². The van der Waals surface area contributed by atoms with Crippen LogP contribution in [0.3, 0.4) is 0 Å². The Hall–Kier alpha value is -4.30. The topological polar surface area (TPSA) is 91.0 Å². The molecule has 0 fully saturated rings. The zero-order valence-electron chi connectivity index (χ0n) is 18.8. The summed E-state index contributed by atoms with van der Waals surface area (Å²) >= 11 is 6.42. The summed E-state index contributed by atoms with van der Waals surface area (Å²) in [5.74, 6) is 2.36. The number of phenolic OH excluding ortho intramolecular Hbond substituents is 1. The minimum atomic E-state index is -0.325. The Bertz CT molecular complexity index is 1600. The zero-order chi connectivity index (χ0) is 24.1. The summed E-state index contributed by atoms with van der Waals surface area (Å²) in [6.07, 6.45) is 1.56. The van der Waals surface area contributed by atoms with Crippen molar-refractivity contribution >= 4 is 17.2 Å². The van der Waals surface area contributed by atoms with Crippen LogP contribution in [0.5, 0.6) is 28.9 Å². The fourth-order valence-electron chi connectivity index (χ4n) is 4.44. The highest BCUT2D eigenvalue weighted by Gasteiger charge is 2.34. The zero-order valence-corrected chi connectivity index (χ0v) is 19.5. The van der Waals surface area contributed by atoms with Crippen molar-refractivity contribution in [2.24, 2.45) is 0 Å². The van der Waals surface area contributed by atoms with E-state index in [1.54, 1.807) is 43.3 Å². The molecular formula is C26H19ClN4O4. The third-order valence-corrected chi connectivity index (χ3v) is 6.38. The van der Waals surface area contributed by atoms with Crippen LogP contribution in [-0.2, 0) is 0 Å². The van der Waals surface area contributed by atoms with Crippen molar-refractivity contribution in [2.75, 3.05) is 14.2 Å². The number of ether oxygens (including phenoxy) is 3. The van der Waals surface area contributed by atoms with Crippen LogP contribution in [0.4, 0.5) is 0 Å². The quantitative estimate of drug-likeness (QED) is 0.354. The lowest BCUT2D eigenvalue weighted by molar-refractivity contribution is 0.354. The molecule has 8 nitrogen and oxygen atoms in total. The van der Waals surface area contributed by atoms with Crippen LogP contribution in [0.2, 0.25) is 5.02 Å². The SMILES string of the molecule is COc1ccc([C@H]2c3ccc(O)cc3Oc3ncn4nc(-c5ccccc5Cl)nc4c32)cc1OC. The molecule has 3 aromatic carbocycles. The van der Waals surface area contributed by atoms with Crippen molar-refractivity contribution in [3.63, 3.8) is 0 Å². The first-order valence-electron chi connectivity index (χ1n) is 10.8. The van der Waals surface area contributed by atoms with Gasteiger partial charge in [0.2, 0.25) is 5.88 Å². The highest BCUT2D eigenvalue weighted by molar-refractivity contribution is 6.33. The smallest absolute Gasteiger partial charge is 0.228 e. The first kappa shape index (κ1) is 21.2. The maximum absolute atomic E-state index is 10.1. The molecule has 174 valence electrons. The highest BCUT2D eigenvalue weighted by atomic mass is 35.5. The van der Waals surface area contributed by atoms with Crippen molar-refractivity contribution < 1.29 is 19.3 Å². The Morgan fingerprint density at radius 1 is 1.00 bits per heavy atom. The average Bonchev–Trinajstić information content (AvgIpc) is 3.31. The molecule has 0 amide bonds. The van der Waals surface area contributed by atoms with Crippen LogP contribution in [0.1, 0.15) is 22.6 Å². The predicted octanol–water partition coefficient (Wildman–Crippen LogP) is 5.45. The van der Waals surface area contributed by atoms with Crippen LogP contribution < -0.4 is 14.2 Å². The first-order chi connectivity index (χ1) is 17.1. The number of fused-ring (bicyclic) bond motifs is 4. The second-order valence-electron chi connectivity index (χ2n) is 8.02. The van der Waals surface area contributed by atoms with Gasteiger partial charge in [0.05, 0.1) is 24.8 Å². The van der Waals surface area contributed by atoms with E-state index in [1.807, 2.05) is 42.5 Å². The molecule has 0 bridgehead atoms. The molecule has 1 atom stereocenters. The predicted molar refractivity (Wildman–Crippen MR) is 130 cm³/mol. The van der Waals surface area contributed by atoms with E-state index in [2.05, 4.69) is 10.1 Å². The number of hydrogen-bond donors (Lipinski definition) is 1. The number of nitrogens with zero attached hydrogens (tertiary/aromatic N) is 4. The van der Waals surface area contributed by atoms with Crippen molar-refractivity contribution in [3.8, 4) is 40.3 Å². The molecule has 1 aliphatic rings. The number of benzene rings is 3. The molecule has 0 saturated heterocycles. The van der Waals surface area contributed by atoms with E-state index in [1.165, 1.54) is 0 Å². The number of aromatic hydroxyl groups is 1. The number of hydrogen-bond acceptors (Lipinski definition) is 7. The van der Waals surface area contributed by atoms with Gasteiger partial charge in [-0.05, 0) is 35.9 Å². The molecule has 3 heterocycles. The van der Waals surface area contributed by atoms with Crippen LogP contribution in [0.25, 0.3) is 17.0 Å². The lowest BCUT2D eigenvalue weighted by Crippen LogP contribution is -2.15. The number of rotatable bonds is 4. The van der Waals surface area contributed by atoms with Gasteiger partial charge in [-0.1, -0.05) is 35.9 Å². The Morgan fingerprint density at radius 2 is 1.83 bits per heavy atom. The van der Waals surface area contributed by atoms with Gasteiger partial charge in [-0.3, -0.25) is 0 Å². The van der Waals surface area contributed by atoms with Gasteiger partial charge in [0.25, 0.3) is 0 Å². The number of aromatic nitrogens is 4. The largest absolute Gasteiger partial charge is 0.508 e. The summed E-state index contributed by atoms with van der Waals surface area (Å²) in [5.41, 5.74) is 3.81. The first-order valence-corrected chi connectivity index (χ1v) is 11.2. The van der Waals surface area contributed by atoms with Crippen LogP contribution >= 0.6 is 11.6 Å². The Labute approximate surface area is 205 Å². The lowest BCUT2D eigenvalue weighted by Gasteiger charge is -2.28. The standard InChI is InChI=1S/C26H19ClN4O4/c1-33-19-10-7-14(11-21(19)34-2)22-17-9-8-15(32)12-20(17)35-26-23(22)25-29-24(30-31(25)13-28-26)16-5-3-4-6-18(16)27/h3-13,22,32H,1-2H3/t22-/m0/s1.